The molecule has 0 bridgehead atoms. The standard InChI is InChI=1S/C14H14FNO/c1-9-3-5-12(16)14(7-9)17-13-6-4-11(15)8-10(13)2/h3-8H,16H2,1-2H3. The minimum atomic E-state index is -0.271. The van der Waals surface area contributed by atoms with Gasteiger partial charge in [-0.25, -0.2) is 4.39 Å². The fraction of sp³-hybridized carbons (Fsp3) is 0.143. The number of nitrogens with two attached hydrogens (primary N) is 1. The number of hydrogen-bond donors (Lipinski definition) is 1. The Balaban J connectivity index is 2.34. The van der Waals surface area contributed by atoms with E-state index in [-0.39, 0.29) is 5.82 Å². The van der Waals surface area contributed by atoms with Gasteiger partial charge in [0, 0.05) is 0 Å². The summed E-state index contributed by atoms with van der Waals surface area (Å²) in [6.07, 6.45) is 0. The van der Waals surface area contributed by atoms with E-state index in [1.165, 1.54) is 12.1 Å². The van der Waals surface area contributed by atoms with Crippen molar-refractivity contribution in [2.45, 2.75) is 13.8 Å². The summed E-state index contributed by atoms with van der Waals surface area (Å²) in [7, 11) is 0. The molecule has 0 aliphatic heterocycles. The van der Waals surface area contributed by atoms with E-state index < -0.39 is 0 Å². The van der Waals surface area contributed by atoms with E-state index in [4.69, 9.17) is 10.5 Å². The minimum absolute atomic E-state index is 0.271. The Morgan fingerprint density at radius 1 is 1.00 bits per heavy atom. The van der Waals surface area contributed by atoms with Crippen LogP contribution in [0.4, 0.5) is 10.1 Å². The highest BCUT2D eigenvalue weighted by Crippen LogP contribution is 2.30. The molecule has 0 spiro atoms. The van der Waals surface area contributed by atoms with Crippen LogP contribution in [-0.4, -0.2) is 0 Å². The molecule has 88 valence electrons. The first kappa shape index (κ1) is 11.5. The molecule has 0 aromatic heterocycles. The van der Waals surface area contributed by atoms with Crippen LogP contribution < -0.4 is 10.5 Å². The molecule has 0 heterocycles. The molecule has 17 heavy (non-hydrogen) atoms. The van der Waals surface area contributed by atoms with Crippen LogP contribution in [0.15, 0.2) is 36.4 Å². The van der Waals surface area contributed by atoms with E-state index in [1.807, 2.05) is 19.1 Å². The highest BCUT2D eigenvalue weighted by Gasteiger charge is 2.05. The van der Waals surface area contributed by atoms with Crippen molar-refractivity contribution in [2.75, 3.05) is 5.73 Å². The van der Waals surface area contributed by atoms with Gasteiger partial charge in [-0.15, -0.1) is 0 Å². The third-order valence-electron chi connectivity index (χ3n) is 2.53. The molecule has 0 saturated heterocycles. The Kier molecular flexibility index (Phi) is 3.00. The third kappa shape index (κ3) is 2.56. The van der Waals surface area contributed by atoms with Crippen LogP contribution in [-0.2, 0) is 0 Å². The molecule has 3 heteroatoms. The van der Waals surface area contributed by atoms with Crippen LogP contribution in [0, 0.1) is 19.7 Å². The van der Waals surface area contributed by atoms with E-state index >= 15 is 0 Å². The van der Waals surface area contributed by atoms with Gasteiger partial charge in [-0.2, -0.15) is 0 Å². The highest BCUT2D eigenvalue weighted by molar-refractivity contribution is 5.55. The summed E-state index contributed by atoms with van der Waals surface area (Å²) < 4.78 is 18.6. The first-order valence-electron chi connectivity index (χ1n) is 5.36. The van der Waals surface area contributed by atoms with Crippen molar-refractivity contribution in [3.8, 4) is 11.5 Å². The average molecular weight is 231 g/mol. The number of hydrogen-bond acceptors (Lipinski definition) is 2. The fourth-order valence-corrected chi connectivity index (χ4v) is 1.58. The molecule has 0 atom stereocenters. The number of nitrogen functional groups attached to an aromatic ring is 1. The van der Waals surface area contributed by atoms with Crippen molar-refractivity contribution in [3.05, 3.63) is 53.3 Å². The average Bonchev–Trinajstić information content (AvgIpc) is 2.27. The lowest BCUT2D eigenvalue weighted by Gasteiger charge is -2.11. The van der Waals surface area contributed by atoms with Gasteiger partial charge in [0.15, 0.2) is 5.75 Å². The van der Waals surface area contributed by atoms with E-state index in [0.717, 1.165) is 11.1 Å². The first-order valence-corrected chi connectivity index (χ1v) is 5.36. The van der Waals surface area contributed by atoms with Gasteiger partial charge in [0.2, 0.25) is 0 Å². The molecule has 0 fully saturated rings. The first-order chi connectivity index (χ1) is 8.06. The largest absolute Gasteiger partial charge is 0.455 e. The minimum Gasteiger partial charge on any atom is -0.455 e. The smallest absolute Gasteiger partial charge is 0.150 e. The predicted octanol–water partition coefficient (Wildman–Crippen LogP) is 3.82. The molecule has 2 nitrogen and oxygen atoms in total. The molecular formula is C14H14FNO. The summed E-state index contributed by atoms with van der Waals surface area (Å²) in [6.45, 7) is 3.76. The quantitative estimate of drug-likeness (QED) is 0.797. The van der Waals surface area contributed by atoms with E-state index in [2.05, 4.69) is 0 Å². The van der Waals surface area contributed by atoms with Gasteiger partial charge in [-0.1, -0.05) is 6.07 Å². The lowest BCUT2D eigenvalue weighted by Crippen LogP contribution is -1.94. The third-order valence-corrected chi connectivity index (χ3v) is 2.53. The monoisotopic (exact) mass is 231 g/mol. The lowest BCUT2D eigenvalue weighted by molar-refractivity contribution is 0.478. The Labute approximate surface area is 99.8 Å². The summed E-state index contributed by atoms with van der Waals surface area (Å²) >= 11 is 0. The normalized spacial score (nSPS) is 10.3. The second-order valence-electron chi connectivity index (χ2n) is 4.05. The number of ether oxygens (including phenoxy) is 1. The van der Waals surface area contributed by atoms with Crippen LogP contribution >= 0.6 is 0 Å². The molecule has 0 amide bonds. The van der Waals surface area contributed by atoms with Crippen molar-refractivity contribution < 1.29 is 9.13 Å². The Bertz CT molecular complexity index is 552. The van der Waals surface area contributed by atoms with Gasteiger partial charge >= 0.3 is 0 Å². The number of benzene rings is 2. The summed E-state index contributed by atoms with van der Waals surface area (Å²) in [5.41, 5.74) is 8.19. The summed E-state index contributed by atoms with van der Waals surface area (Å²) in [5.74, 6) is 0.940. The van der Waals surface area contributed by atoms with E-state index in [1.54, 1.807) is 19.1 Å². The zero-order chi connectivity index (χ0) is 12.4. The van der Waals surface area contributed by atoms with Gasteiger partial charge in [-0.3, -0.25) is 0 Å². The SMILES string of the molecule is Cc1ccc(N)c(Oc2ccc(F)cc2C)c1. The maximum absolute atomic E-state index is 12.9. The molecular weight excluding hydrogens is 217 g/mol. The molecule has 2 aromatic carbocycles. The Hall–Kier alpha value is -2.03. The van der Waals surface area contributed by atoms with Gasteiger partial charge in [0.05, 0.1) is 5.69 Å². The van der Waals surface area contributed by atoms with Crippen LogP contribution in [0.5, 0.6) is 11.5 Å². The number of aryl methyl sites for hydroxylation is 2. The topological polar surface area (TPSA) is 35.2 Å². The Morgan fingerprint density at radius 2 is 1.76 bits per heavy atom. The molecule has 0 radical (unpaired) electrons. The van der Waals surface area contributed by atoms with Gasteiger partial charge in [0.1, 0.15) is 11.6 Å². The van der Waals surface area contributed by atoms with Crippen LogP contribution in [0.25, 0.3) is 0 Å². The highest BCUT2D eigenvalue weighted by atomic mass is 19.1. The molecule has 0 saturated carbocycles. The molecule has 0 unspecified atom stereocenters. The molecule has 2 aromatic rings. The molecule has 2 rings (SSSR count). The zero-order valence-corrected chi connectivity index (χ0v) is 9.83. The number of rotatable bonds is 2. The maximum Gasteiger partial charge on any atom is 0.150 e. The van der Waals surface area contributed by atoms with Crippen molar-refractivity contribution in [1.29, 1.82) is 0 Å². The second kappa shape index (κ2) is 4.45. The van der Waals surface area contributed by atoms with E-state index in [9.17, 15) is 4.39 Å². The predicted molar refractivity (Wildman–Crippen MR) is 66.8 cm³/mol. The molecule has 0 aliphatic carbocycles. The molecule has 2 N–H and O–H groups in total. The van der Waals surface area contributed by atoms with Gasteiger partial charge in [0.25, 0.3) is 0 Å². The van der Waals surface area contributed by atoms with Crippen LogP contribution in [0.2, 0.25) is 0 Å². The number of halogens is 1. The number of anilines is 1. The van der Waals surface area contributed by atoms with Crippen molar-refractivity contribution >= 4 is 5.69 Å². The van der Waals surface area contributed by atoms with Gasteiger partial charge in [-0.05, 0) is 55.3 Å². The Morgan fingerprint density at radius 3 is 2.47 bits per heavy atom. The molecule has 0 aliphatic rings. The van der Waals surface area contributed by atoms with Crippen molar-refractivity contribution in [3.63, 3.8) is 0 Å². The maximum atomic E-state index is 12.9. The van der Waals surface area contributed by atoms with E-state index in [0.29, 0.717) is 17.2 Å². The fourth-order valence-electron chi connectivity index (χ4n) is 1.58. The van der Waals surface area contributed by atoms with Crippen LogP contribution in [0.3, 0.4) is 0 Å². The summed E-state index contributed by atoms with van der Waals surface area (Å²) in [5, 5.41) is 0. The van der Waals surface area contributed by atoms with Crippen molar-refractivity contribution in [2.24, 2.45) is 0 Å². The van der Waals surface area contributed by atoms with Crippen LogP contribution in [0.1, 0.15) is 11.1 Å². The van der Waals surface area contributed by atoms with Crippen molar-refractivity contribution in [1.82, 2.24) is 0 Å². The summed E-state index contributed by atoms with van der Waals surface area (Å²) in [4.78, 5) is 0. The second-order valence-corrected chi connectivity index (χ2v) is 4.05. The zero-order valence-electron chi connectivity index (χ0n) is 9.83. The summed E-state index contributed by atoms with van der Waals surface area (Å²) in [6, 6.07) is 9.98. The lowest BCUT2D eigenvalue weighted by atomic mass is 10.2. The van der Waals surface area contributed by atoms with Gasteiger partial charge < -0.3 is 10.5 Å².